The molecule has 122 valence electrons. The summed E-state index contributed by atoms with van der Waals surface area (Å²) in [6, 6.07) is 7.96. The molecule has 22 heavy (non-hydrogen) atoms. The van der Waals surface area contributed by atoms with Crippen molar-refractivity contribution in [1.29, 1.82) is 0 Å². The van der Waals surface area contributed by atoms with Crippen molar-refractivity contribution in [2.75, 3.05) is 38.5 Å². The van der Waals surface area contributed by atoms with Crippen molar-refractivity contribution in [3.63, 3.8) is 0 Å². The van der Waals surface area contributed by atoms with Gasteiger partial charge in [0.2, 0.25) is 5.91 Å². The average Bonchev–Trinajstić information content (AvgIpc) is 2.51. The highest BCUT2D eigenvalue weighted by molar-refractivity contribution is 7.99. The van der Waals surface area contributed by atoms with Gasteiger partial charge >= 0.3 is 0 Å². The van der Waals surface area contributed by atoms with E-state index < -0.39 is 0 Å². The van der Waals surface area contributed by atoms with Gasteiger partial charge in [0.25, 0.3) is 0 Å². The normalized spacial score (nSPS) is 19.1. The molecule has 1 unspecified atom stereocenters. The van der Waals surface area contributed by atoms with Crippen LogP contribution in [0.4, 0.5) is 0 Å². The van der Waals surface area contributed by atoms with Crippen LogP contribution in [0.5, 0.6) is 0 Å². The van der Waals surface area contributed by atoms with Gasteiger partial charge in [-0.15, -0.1) is 11.8 Å². The minimum atomic E-state index is -0.00290. The van der Waals surface area contributed by atoms with Crippen molar-refractivity contribution in [3.05, 3.63) is 29.3 Å². The first kappa shape index (κ1) is 17.6. The predicted octanol–water partition coefficient (Wildman–Crippen LogP) is 2.66. The number of carbonyl (C=O) groups is 1. The van der Waals surface area contributed by atoms with Crippen LogP contribution in [-0.4, -0.2) is 55.4 Å². The minimum Gasteiger partial charge on any atom is -0.374 e. The van der Waals surface area contributed by atoms with Crippen LogP contribution in [0.25, 0.3) is 0 Å². The summed E-state index contributed by atoms with van der Waals surface area (Å²) < 4.78 is 5.67. The van der Waals surface area contributed by atoms with Gasteiger partial charge in [0.05, 0.1) is 17.7 Å². The van der Waals surface area contributed by atoms with Gasteiger partial charge in [-0.1, -0.05) is 23.7 Å². The van der Waals surface area contributed by atoms with Gasteiger partial charge in [0, 0.05) is 31.5 Å². The van der Waals surface area contributed by atoms with E-state index in [1.54, 1.807) is 11.8 Å². The van der Waals surface area contributed by atoms with Crippen LogP contribution in [0.1, 0.15) is 13.3 Å². The first-order valence-electron chi connectivity index (χ1n) is 7.61. The molecule has 0 radical (unpaired) electrons. The Morgan fingerprint density at radius 2 is 2.32 bits per heavy atom. The molecule has 6 heteroatoms. The molecule has 1 amide bonds. The maximum Gasteiger partial charge on any atom is 0.216 e. The van der Waals surface area contributed by atoms with Gasteiger partial charge in [-0.05, 0) is 30.9 Å². The lowest BCUT2D eigenvalue weighted by molar-refractivity contribution is -0.120. The number of thioether (sulfide) groups is 1. The fraction of sp³-hybridized carbons (Fsp3) is 0.562. The van der Waals surface area contributed by atoms with Gasteiger partial charge in [-0.25, -0.2) is 0 Å². The molecule has 0 bridgehead atoms. The highest BCUT2D eigenvalue weighted by Gasteiger charge is 2.20. The SMILES string of the molecule is CC(=O)NCC1CN(CCCSc2ccccc2Cl)CCO1. The third kappa shape index (κ3) is 6.16. The second kappa shape index (κ2) is 9.40. The number of hydrogen-bond donors (Lipinski definition) is 1. The second-order valence-electron chi connectivity index (χ2n) is 5.36. The van der Waals surface area contributed by atoms with Crippen molar-refractivity contribution in [2.45, 2.75) is 24.3 Å². The van der Waals surface area contributed by atoms with Gasteiger partial charge in [0.15, 0.2) is 0 Å². The molecule has 0 aromatic heterocycles. The molecule has 1 aliphatic heterocycles. The first-order valence-corrected chi connectivity index (χ1v) is 8.97. The van der Waals surface area contributed by atoms with E-state index in [2.05, 4.69) is 16.3 Å². The van der Waals surface area contributed by atoms with Crippen molar-refractivity contribution in [1.82, 2.24) is 10.2 Å². The number of halogens is 1. The number of carbonyl (C=O) groups excluding carboxylic acids is 1. The van der Waals surface area contributed by atoms with E-state index in [4.69, 9.17) is 16.3 Å². The van der Waals surface area contributed by atoms with E-state index in [0.717, 1.165) is 48.3 Å². The molecule has 1 fully saturated rings. The molecule has 1 saturated heterocycles. The standard InChI is InChI=1S/C16H23ClN2O2S/c1-13(20)18-11-14-12-19(8-9-21-14)7-4-10-22-16-6-3-2-5-15(16)17/h2-3,5-6,14H,4,7-12H2,1H3,(H,18,20). The zero-order chi connectivity index (χ0) is 15.8. The average molecular weight is 343 g/mol. The largest absolute Gasteiger partial charge is 0.374 e. The lowest BCUT2D eigenvalue weighted by Crippen LogP contribution is -2.47. The highest BCUT2D eigenvalue weighted by atomic mass is 35.5. The van der Waals surface area contributed by atoms with Crippen molar-refractivity contribution in [3.8, 4) is 0 Å². The van der Waals surface area contributed by atoms with Gasteiger partial charge in [-0.2, -0.15) is 0 Å². The Morgan fingerprint density at radius 1 is 1.50 bits per heavy atom. The molecule has 2 rings (SSSR count). The molecule has 1 N–H and O–H groups in total. The second-order valence-corrected chi connectivity index (χ2v) is 6.91. The lowest BCUT2D eigenvalue weighted by Gasteiger charge is -2.32. The summed E-state index contributed by atoms with van der Waals surface area (Å²) in [4.78, 5) is 14.5. The van der Waals surface area contributed by atoms with E-state index in [9.17, 15) is 4.79 Å². The van der Waals surface area contributed by atoms with Crippen LogP contribution < -0.4 is 5.32 Å². The Hall–Kier alpha value is -0.750. The Labute approximate surface area is 141 Å². The smallest absolute Gasteiger partial charge is 0.216 e. The molecule has 1 heterocycles. The Morgan fingerprint density at radius 3 is 3.09 bits per heavy atom. The third-order valence-electron chi connectivity index (χ3n) is 3.51. The lowest BCUT2D eigenvalue weighted by atomic mass is 10.2. The fourth-order valence-corrected chi connectivity index (χ4v) is 3.57. The summed E-state index contributed by atoms with van der Waals surface area (Å²) >= 11 is 7.95. The number of nitrogens with one attached hydrogen (secondary N) is 1. The fourth-order valence-electron chi connectivity index (χ4n) is 2.40. The molecule has 0 spiro atoms. The summed E-state index contributed by atoms with van der Waals surface area (Å²) in [5, 5.41) is 3.65. The Balaban J connectivity index is 1.64. The van der Waals surface area contributed by atoms with Crippen LogP contribution in [-0.2, 0) is 9.53 Å². The number of rotatable bonds is 7. The van der Waals surface area contributed by atoms with Gasteiger partial charge in [-0.3, -0.25) is 9.69 Å². The number of ether oxygens (including phenoxy) is 1. The van der Waals surface area contributed by atoms with Crippen LogP contribution >= 0.6 is 23.4 Å². The number of nitrogens with zero attached hydrogens (tertiary/aromatic N) is 1. The molecule has 4 nitrogen and oxygen atoms in total. The zero-order valence-corrected chi connectivity index (χ0v) is 14.5. The van der Waals surface area contributed by atoms with Gasteiger partial charge in [0.1, 0.15) is 0 Å². The van der Waals surface area contributed by atoms with Crippen molar-refractivity contribution >= 4 is 29.3 Å². The minimum absolute atomic E-state index is 0.00290. The van der Waals surface area contributed by atoms with Crippen LogP contribution in [0, 0.1) is 0 Å². The van der Waals surface area contributed by atoms with E-state index >= 15 is 0 Å². The molecule has 0 aliphatic carbocycles. The van der Waals surface area contributed by atoms with Crippen LogP contribution in [0.3, 0.4) is 0 Å². The number of benzene rings is 1. The van der Waals surface area contributed by atoms with E-state index in [1.165, 1.54) is 6.92 Å². The van der Waals surface area contributed by atoms with E-state index in [1.807, 2.05) is 18.2 Å². The molecule has 0 saturated carbocycles. The summed E-state index contributed by atoms with van der Waals surface area (Å²) in [6.07, 6.45) is 1.22. The zero-order valence-electron chi connectivity index (χ0n) is 12.9. The third-order valence-corrected chi connectivity index (χ3v) is 5.12. The number of morpholine rings is 1. The summed E-state index contributed by atoms with van der Waals surface area (Å²) in [5.74, 6) is 1.05. The van der Waals surface area contributed by atoms with E-state index in [-0.39, 0.29) is 12.0 Å². The van der Waals surface area contributed by atoms with Crippen LogP contribution in [0.2, 0.25) is 5.02 Å². The molecular weight excluding hydrogens is 320 g/mol. The van der Waals surface area contributed by atoms with E-state index in [0.29, 0.717) is 6.54 Å². The monoisotopic (exact) mass is 342 g/mol. The highest BCUT2D eigenvalue weighted by Crippen LogP contribution is 2.26. The Bertz CT molecular complexity index is 487. The van der Waals surface area contributed by atoms with Crippen molar-refractivity contribution in [2.24, 2.45) is 0 Å². The molecule has 1 aromatic rings. The van der Waals surface area contributed by atoms with Crippen molar-refractivity contribution < 1.29 is 9.53 Å². The Kier molecular flexibility index (Phi) is 7.52. The number of hydrogen-bond acceptors (Lipinski definition) is 4. The molecule has 1 aromatic carbocycles. The topological polar surface area (TPSA) is 41.6 Å². The van der Waals surface area contributed by atoms with Gasteiger partial charge < -0.3 is 10.1 Å². The maximum absolute atomic E-state index is 10.9. The quantitative estimate of drug-likeness (QED) is 0.611. The summed E-state index contributed by atoms with van der Waals surface area (Å²) in [7, 11) is 0. The number of amides is 1. The summed E-state index contributed by atoms with van der Waals surface area (Å²) in [5.41, 5.74) is 0. The molecule has 1 aliphatic rings. The maximum atomic E-state index is 10.9. The molecule has 1 atom stereocenters. The first-order chi connectivity index (χ1) is 10.6. The molecular formula is C16H23ClN2O2S. The summed E-state index contributed by atoms with van der Waals surface area (Å²) in [6.45, 7) is 5.77. The predicted molar refractivity (Wildman–Crippen MR) is 91.7 cm³/mol. The van der Waals surface area contributed by atoms with Crippen LogP contribution in [0.15, 0.2) is 29.2 Å².